The van der Waals surface area contributed by atoms with Crippen LogP contribution in [0.2, 0.25) is 0 Å². The minimum Gasteiger partial charge on any atom is -0.508 e. The fourth-order valence-corrected chi connectivity index (χ4v) is 5.14. The molecule has 0 amide bonds. The number of rotatable bonds is 3. The number of hydrogen-bond donors (Lipinski definition) is 1. The van der Waals surface area contributed by atoms with Gasteiger partial charge in [-0.05, 0) is 44.5 Å². The second-order valence-electron chi connectivity index (χ2n) is 9.11. The van der Waals surface area contributed by atoms with Crippen LogP contribution in [0.25, 0.3) is 0 Å². The predicted molar refractivity (Wildman–Crippen MR) is 114 cm³/mol. The summed E-state index contributed by atoms with van der Waals surface area (Å²) in [6.07, 6.45) is 3.35. The monoisotopic (exact) mass is 410 g/mol. The number of ether oxygens (including phenoxy) is 2. The quantitative estimate of drug-likeness (QED) is 0.833. The van der Waals surface area contributed by atoms with Crippen molar-refractivity contribution in [2.75, 3.05) is 37.7 Å². The zero-order chi connectivity index (χ0) is 20.7. The number of phenolic OH excluding ortho intramolecular Hbond substituents is 1. The summed E-state index contributed by atoms with van der Waals surface area (Å²) in [5.74, 6) is 1.12. The van der Waals surface area contributed by atoms with E-state index in [2.05, 4.69) is 28.6 Å². The Balaban J connectivity index is 1.38. The Morgan fingerprint density at radius 1 is 1.17 bits per heavy atom. The Morgan fingerprint density at radius 3 is 2.70 bits per heavy atom. The summed E-state index contributed by atoms with van der Waals surface area (Å²) in [7, 11) is 0. The van der Waals surface area contributed by atoms with Gasteiger partial charge in [0.1, 0.15) is 5.75 Å². The Labute approximate surface area is 177 Å². The largest absolute Gasteiger partial charge is 0.508 e. The highest BCUT2D eigenvalue weighted by atomic mass is 16.5. The fraction of sp³-hybridized carbons (Fsp3) is 0.565. The van der Waals surface area contributed by atoms with E-state index in [0.717, 1.165) is 50.7 Å². The number of nitrogens with zero attached hydrogens (tertiary/aromatic N) is 4. The molecule has 2 fully saturated rings. The molecule has 1 aromatic heterocycles. The van der Waals surface area contributed by atoms with E-state index in [1.54, 1.807) is 12.1 Å². The van der Waals surface area contributed by atoms with Crippen LogP contribution in [-0.4, -0.2) is 65.0 Å². The Hall–Kier alpha value is -2.22. The van der Waals surface area contributed by atoms with Crippen LogP contribution in [0, 0.1) is 0 Å². The second kappa shape index (κ2) is 7.80. The van der Waals surface area contributed by atoms with Gasteiger partial charge in [0.2, 0.25) is 5.95 Å². The van der Waals surface area contributed by atoms with Crippen molar-refractivity contribution in [3.63, 3.8) is 0 Å². The summed E-state index contributed by atoms with van der Waals surface area (Å²) >= 11 is 0. The van der Waals surface area contributed by atoms with Crippen LogP contribution in [0.3, 0.4) is 0 Å². The summed E-state index contributed by atoms with van der Waals surface area (Å²) in [5.41, 5.74) is 3.41. The van der Waals surface area contributed by atoms with Gasteiger partial charge in [0.05, 0.1) is 36.5 Å². The van der Waals surface area contributed by atoms with Crippen molar-refractivity contribution in [3.8, 4) is 5.75 Å². The van der Waals surface area contributed by atoms with Crippen LogP contribution in [0.1, 0.15) is 37.1 Å². The first-order chi connectivity index (χ1) is 14.5. The van der Waals surface area contributed by atoms with Crippen molar-refractivity contribution in [1.82, 2.24) is 14.9 Å². The molecule has 30 heavy (non-hydrogen) atoms. The summed E-state index contributed by atoms with van der Waals surface area (Å²) in [6.45, 7) is 9.95. The van der Waals surface area contributed by atoms with Gasteiger partial charge in [0, 0.05) is 37.9 Å². The molecular formula is C23H30N4O3. The number of phenols is 1. The van der Waals surface area contributed by atoms with Gasteiger partial charge in [-0.15, -0.1) is 0 Å². The first-order valence-corrected chi connectivity index (χ1v) is 10.9. The highest BCUT2D eigenvalue weighted by Crippen LogP contribution is 2.40. The highest BCUT2D eigenvalue weighted by molar-refractivity contribution is 5.39. The van der Waals surface area contributed by atoms with E-state index in [4.69, 9.17) is 14.5 Å². The minimum atomic E-state index is -0.0777. The Morgan fingerprint density at radius 2 is 1.93 bits per heavy atom. The topological polar surface area (TPSA) is 71.0 Å². The second-order valence-corrected chi connectivity index (χ2v) is 9.11. The summed E-state index contributed by atoms with van der Waals surface area (Å²) in [4.78, 5) is 14.5. The van der Waals surface area contributed by atoms with Crippen LogP contribution in [0.5, 0.6) is 5.75 Å². The van der Waals surface area contributed by atoms with E-state index in [-0.39, 0.29) is 17.6 Å². The first-order valence-electron chi connectivity index (χ1n) is 10.9. The maximum atomic E-state index is 9.54. The number of anilines is 1. The highest BCUT2D eigenvalue weighted by Gasteiger charge is 2.45. The molecule has 0 saturated carbocycles. The van der Waals surface area contributed by atoms with Crippen molar-refractivity contribution >= 4 is 5.95 Å². The third-order valence-corrected chi connectivity index (χ3v) is 6.47. The third kappa shape index (κ3) is 3.77. The van der Waals surface area contributed by atoms with Crippen LogP contribution in [0.15, 0.2) is 30.5 Å². The average molecular weight is 411 g/mol. The summed E-state index contributed by atoms with van der Waals surface area (Å²) in [6, 6.07) is 7.49. The van der Waals surface area contributed by atoms with Crippen LogP contribution in [0.4, 0.5) is 5.95 Å². The lowest BCUT2D eigenvalue weighted by molar-refractivity contribution is -0.00584. The van der Waals surface area contributed by atoms with Crippen molar-refractivity contribution in [1.29, 1.82) is 0 Å². The van der Waals surface area contributed by atoms with Crippen molar-refractivity contribution in [2.24, 2.45) is 0 Å². The molecule has 2 saturated heterocycles. The van der Waals surface area contributed by atoms with Gasteiger partial charge >= 0.3 is 0 Å². The summed E-state index contributed by atoms with van der Waals surface area (Å²) in [5, 5.41) is 9.54. The lowest BCUT2D eigenvalue weighted by Crippen LogP contribution is -2.47. The smallest absolute Gasteiger partial charge is 0.225 e. The van der Waals surface area contributed by atoms with Crippen LogP contribution in [-0.2, 0) is 28.0 Å². The molecule has 160 valence electrons. The normalized spacial score (nSPS) is 29.3. The number of benzene rings is 1. The van der Waals surface area contributed by atoms with Gasteiger partial charge in [0.15, 0.2) is 0 Å². The average Bonchev–Trinajstić information content (AvgIpc) is 3.12. The Bertz CT molecular complexity index is 896. The molecule has 7 nitrogen and oxygen atoms in total. The molecule has 7 heteroatoms. The number of morpholine rings is 1. The van der Waals surface area contributed by atoms with E-state index >= 15 is 0 Å². The lowest BCUT2D eigenvalue weighted by atomic mass is 9.80. The molecule has 1 spiro atoms. The van der Waals surface area contributed by atoms with Crippen molar-refractivity contribution in [2.45, 2.75) is 51.0 Å². The molecule has 0 aliphatic carbocycles. The number of fused-ring (bicyclic) bond motifs is 2. The lowest BCUT2D eigenvalue weighted by Gasteiger charge is -2.38. The van der Waals surface area contributed by atoms with Gasteiger partial charge in [-0.25, -0.2) is 9.97 Å². The molecule has 0 bridgehead atoms. The molecular weight excluding hydrogens is 380 g/mol. The molecule has 4 heterocycles. The first kappa shape index (κ1) is 19.7. The van der Waals surface area contributed by atoms with E-state index in [1.807, 2.05) is 18.3 Å². The summed E-state index contributed by atoms with van der Waals surface area (Å²) < 4.78 is 11.9. The Kier molecular flexibility index (Phi) is 5.13. The van der Waals surface area contributed by atoms with Gasteiger partial charge in [-0.3, -0.25) is 4.90 Å². The van der Waals surface area contributed by atoms with Gasteiger partial charge in [0.25, 0.3) is 0 Å². The van der Waals surface area contributed by atoms with E-state index in [1.165, 1.54) is 11.3 Å². The molecule has 1 N–H and O–H groups in total. The molecule has 1 aromatic carbocycles. The molecule has 0 radical (unpaired) electrons. The number of likely N-dealkylation sites (tertiary alicyclic amines) is 1. The van der Waals surface area contributed by atoms with Crippen LogP contribution >= 0.6 is 0 Å². The molecule has 5 rings (SSSR count). The molecule has 3 aliphatic rings. The van der Waals surface area contributed by atoms with Crippen molar-refractivity contribution < 1.29 is 14.6 Å². The van der Waals surface area contributed by atoms with Gasteiger partial charge in [-0.1, -0.05) is 12.1 Å². The van der Waals surface area contributed by atoms with Gasteiger partial charge in [-0.2, -0.15) is 0 Å². The zero-order valence-corrected chi connectivity index (χ0v) is 17.8. The third-order valence-electron chi connectivity index (χ3n) is 6.47. The minimum absolute atomic E-state index is 0.0777. The van der Waals surface area contributed by atoms with Crippen LogP contribution < -0.4 is 4.90 Å². The van der Waals surface area contributed by atoms with Crippen molar-refractivity contribution in [3.05, 3.63) is 47.3 Å². The number of aromatic hydroxyl groups is 1. The van der Waals surface area contributed by atoms with E-state index < -0.39 is 0 Å². The maximum Gasteiger partial charge on any atom is 0.225 e. The number of hydrogen-bond acceptors (Lipinski definition) is 7. The molecule has 0 unspecified atom stereocenters. The molecule has 3 aliphatic heterocycles. The number of aromatic nitrogens is 2. The maximum absolute atomic E-state index is 9.54. The standard InChI is InChI=1S/C23H30N4O3/c1-16-10-27(11-17(2)30-16)22-24-9-19-13-29-15-23(21(19)25-22)7-8-26(14-23)12-18-3-5-20(28)6-4-18/h3-6,9,16-17,28H,7-8,10-15H2,1-2H3/t16-,17-,23+/m1/s1. The SMILES string of the molecule is C[C@@H]1CN(c2ncc3c(n2)[C@]2(CCN(Cc4ccc(O)cc4)C2)COC3)C[C@@H](C)O1. The molecule has 3 atom stereocenters. The van der Waals surface area contributed by atoms with E-state index in [9.17, 15) is 5.11 Å². The predicted octanol–water partition coefficient (Wildman–Crippen LogP) is 2.47. The zero-order valence-electron chi connectivity index (χ0n) is 17.8. The fourth-order valence-electron chi connectivity index (χ4n) is 5.14. The van der Waals surface area contributed by atoms with Gasteiger partial charge < -0.3 is 19.5 Å². The molecule has 2 aromatic rings. The van der Waals surface area contributed by atoms with E-state index in [0.29, 0.717) is 19.0 Å².